The number of anilines is 1. The molecule has 0 bridgehead atoms. The lowest BCUT2D eigenvalue weighted by Gasteiger charge is -2.31. The van der Waals surface area contributed by atoms with E-state index >= 15 is 0 Å². The standard InChI is InChI=1S/C27H23F2N3OS/c28-18-13-17(14-19(29)15-18)25-23-10-6-12-31(23)26-22(21-9-4-5-11-24(21)34-26)16-32(25)27(33)30-20-7-2-1-3-8-20/h1-3,6-8,10,12-15,25H,4-5,9,11,16H2,(H,30,33)/t25-/m0/s1. The van der Waals surface area contributed by atoms with Crippen LogP contribution in [0.25, 0.3) is 5.00 Å². The normalized spacial score (nSPS) is 16.9. The molecule has 34 heavy (non-hydrogen) atoms. The second-order valence-electron chi connectivity index (χ2n) is 8.83. The third-order valence-electron chi connectivity index (χ3n) is 6.67. The highest BCUT2D eigenvalue weighted by molar-refractivity contribution is 7.15. The minimum atomic E-state index is -0.659. The molecule has 1 atom stereocenters. The molecule has 1 N–H and O–H groups in total. The summed E-state index contributed by atoms with van der Waals surface area (Å²) in [4.78, 5) is 16.8. The SMILES string of the molecule is O=C(Nc1ccccc1)N1Cc2c(sc3c2CCCC3)-n2cccc2[C@@H]1c1cc(F)cc(F)c1. The van der Waals surface area contributed by atoms with Crippen LogP contribution >= 0.6 is 11.3 Å². The number of para-hydroxylation sites is 1. The Balaban J connectivity index is 1.53. The number of halogens is 2. The lowest BCUT2D eigenvalue weighted by Crippen LogP contribution is -2.38. The van der Waals surface area contributed by atoms with E-state index in [4.69, 9.17) is 0 Å². The summed E-state index contributed by atoms with van der Waals surface area (Å²) < 4.78 is 30.8. The molecule has 0 saturated heterocycles. The van der Waals surface area contributed by atoms with Crippen LogP contribution in [0.3, 0.4) is 0 Å². The van der Waals surface area contributed by atoms with Gasteiger partial charge in [0.05, 0.1) is 12.2 Å². The van der Waals surface area contributed by atoms with Crippen LogP contribution in [-0.4, -0.2) is 15.5 Å². The Labute approximate surface area is 200 Å². The van der Waals surface area contributed by atoms with E-state index in [0.717, 1.165) is 41.6 Å². The number of nitrogens with zero attached hydrogens (tertiary/aromatic N) is 2. The number of aryl methyl sites for hydroxylation is 1. The molecule has 4 aromatic rings. The molecule has 0 unspecified atom stereocenters. The molecule has 2 aromatic carbocycles. The minimum absolute atomic E-state index is 0.308. The van der Waals surface area contributed by atoms with Gasteiger partial charge in [-0.3, -0.25) is 0 Å². The fraction of sp³-hybridized carbons (Fsp3) is 0.222. The maximum Gasteiger partial charge on any atom is 0.322 e. The molecule has 1 aliphatic heterocycles. The van der Waals surface area contributed by atoms with E-state index in [1.807, 2.05) is 48.7 Å². The second kappa shape index (κ2) is 8.40. The van der Waals surface area contributed by atoms with Gasteiger partial charge >= 0.3 is 6.03 Å². The monoisotopic (exact) mass is 475 g/mol. The number of fused-ring (bicyclic) bond motifs is 5. The zero-order valence-corrected chi connectivity index (χ0v) is 19.2. The minimum Gasteiger partial charge on any atom is -0.310 e. The number of carbonyl (C=O) groups excluding carboxylic acids is 1. The van der Waals surface area contributed by atoms with Gasteiger partial charge in [0.25, 0.3) is 0 Å². The lowest BCUT2D eigenvalue weighted by molar-refractivity contribution is 0.194. The van der Waals surface area contributed by atoms with Crippen molar-refractivity contribution in [2.24, 2.45) is 0 Å². The van der Waals surface area contributed by atoms with Crippen molar-refractivity contribution >= 4 is 23.1 Å². The molecule has 0 saturated carbocycles. The van der Waals surface area contributed by atoms with Gasteiger partial charge < -0.3 is 14.8 Å². The predicted octanol–water partition coefficient (Wildman–Crippen LogP) is 6.83. The summed E-state index contributed by atoms with van der Waals surface area (Å²) in [5.41, 5.74) is 4.35. The number of aromatic nitrogens is 1. The average Bonchev–Trinajstić information content (AvgIpc) is 3.41. The Hall–Kier alpha value is -3.45. The van der Waals surface area contributed by atoms with Crippen LogP contribution in [0.4, 0.5) is 19.3 Å². The third kappa shape index (κ3) is 3.60. The molecule has 2 aliphatic rings. The quantitative estimate of drug-likeness (QED) is 0.339. The Morgan fingerprint density at radius 2 is 1.71 bits per heavy atom. The van der Waals surface area contributed by atoms with Crippen LogP contribution < -0.4 is 5.32 Å². The van der Waals surface area contributed by atoms with Gasteiger partial charge in [-0.2, -0.15) is 0 Å². The lowest BCUT2D eigenvalue weighted by atomic mass is 9.95. The molecular weight excluding hydrogens is 452 g/mol. The number of rotatable bonds is 2. The molecule has 7 heteroatoms. The molecule has 6 rings (SSSR count). The first-order valence-electron chi connectivity index (χ1n) is 11.5. The molecule has 0 radical (unpaired) electrons. The average molecular weight is 476 g/mol. The van der Waals surface area contributed by atoms with E-state index in [2.05, 4.69) is 9.88 Å². The van der Waals surface area contributed by atoms with Gasteiger partial charge in [-0.25, -0.2) is 13.6 Å². The van der Waals surface area contributed by atoms with Crippen LogP contribution in [0.1, 0.15) is 46.1 Å². The Bertz CT molecular complexity index is 1360. The van der Waals surface area contributed by atoms with E-state index in [1.54, 1.807) is 16.2 Å². The number of nitrogens with one attached hydrogen (secondary N) is 1. The fourth-order valence-corrected chi connectivity index (χ4v) is 6.59. The van der Waals surface area contributed by atoms with Gasteiger partial charge in [-0.15, -0.1) is 11.3 Å². The molecule has 3 heterocycles. The zero-order valence-electron chi connectivity index (χ0n) is 18.4. The summed E-state index contributed by atoms with van der Waals surface area (Å²) >= 11 is 1.78. The highest BCUT2D eigenvalue weighted by atomic mass is 32.1. The maximum absolute atomic E-state index is 14.3. The Morgan fingerprint density at radius 1 is 0.941 bits per heavy atom. The number of urea groups is 1. The third-order valence-corrected chi connectivity index (χ3v) is 8.00. The zero-order chi connectivity index (χ0) is 23.2. The van der Waals surface area contributed by atoms with Crippen molar-refractivity contribution in [1.82, 2.24) is 9.47 Å². The summed E-state index contributed by atoms with van der Waals surface area (Å²) in [6.07, 6.45) is 6.33. The van der Waals surface area contributed by atoms with Crippen LogP contribution in [0.15, 0.2) is 66.9 Å². The van der Waals surface area contributed by atoms with Gasteiger partial charge in [-0.1, -0.05) is 18.2 Å². The maximum atomic E-state index is 14.3. The molecular formula is C27H23F2N3OS. The molecule has 4 nitrogen and oxygen atoms in total. The van der Waals surface area contributed by atoms with Crippen LogP contribution in [0.5, 0.6) is 0 Å². The van der Waals surface area contributed by atoms with Gasteiger partial charge in [0.2, 0.25) is 0 Å². The topological polar surface area (TPSA) is 37.3 Å². The summed E-state index contributed by atoms with van der Waals surface area (Å²) in [6.45, 7) is 0.365. The summed E-state index contributed by atoms with van der Waals surface area (Å²) in [5.74, 6) is -1.32. The van der Waals surface area contributed by atoms with Gasteiger partial charge in [-0.05, 0) is 73.2 Å². The van der Waals surface area contributed by atoms with E-state index in [-0.39, 0.29) is 6.03 Å². The van der Waals surface area contributed by atoms with E-state index in [0.29, 0.717) is 17.8 Å². The number of amides is 2. The Kier molecular flexibility index (Phi) is 5.21. The van der Waals surface area contributed by atoms with Crippen molar-refractivity contribution in [2.45, 2.75) is 38.3 Å². The number of thiophene rings is 1. The first-order chi connectivity index (χ1) is 16.6. The highest BCUT2D eigenvalue weighted by Gasteiger charge is 2.36. The fourth-order valence-electron chi connectivity index (χ4n) is 5.19. The summed E-state index contributed by atoms with van der Waals surface area (Å²) in [7, 11) is 0. The summed E-state index contributed by atoms with van der Waals surface area (Å²) in [5, 5.41) is 4.09. The molecule has 1 aliphatic carbocycles. The molecule has 2 amide bonds. The second-order valence-corrected chi connectivity index (χ2v) is 9.91. The van der Waals surface area contributed by atoms with Crippen molar-refractivity contribution < 1.29 is 13.6 Å². The van der Waals surface area contributed by atoms with Crippen molar-refractivity contribution in [3.8, 4) is 5.00 Å². The van der Waals surface area contributed by atoms with Gasteiger partial charge in [0.15, 0.2) is 0 Å². The van der Waals surface area contributed by atoms with E-state index < -0.39 is 17.7 Å². The number of hydrogen-bond donors (Lipinski definition) is 1. The first-order valence-corrected chi connectivity index (χ1v) is 12.3. The molecule has 172 valence electrons. The van der Waals surface area contributed by atoms with Gasteiger partial charge in [0.1, 0.15) is 22.7 Å². The predicted molar refractivity (Wildman–Crippen MR) is 129 cm³/mol. The van der Waals surface area contributed by atoms with Crippen molar-refractivity contribution in [2.75, 3.05) is 5.32 Å². The van der Waals surface area contributed by atoms with Crippen LogP contribution in [0, 0.1) is 11.6 Å². The van der Waals surface area contributed by atoms with Crippen molar-refractivity contribution in [3.05, 3.63) is 106 Å². The molecule has 0 fully saturated rings. The van der Waals surface area contributed by atoms with Crippen molar-refractivity contribution in [1.29, 1.82) is 0 Å². The number of benzene rings is 2. The van der Waals surface area contributed by atoms with Crippen molar-refractivity contribution in [3.63, 3.8) is 0 Å². The number of hydrogen-bond acceptors (Lipinski definition) is 2. The summed E-state index contributed by atoms with van der Waals surface area (Å²) in [6, 6.07) is 15.7. The highest BCUT2D eigenvalue weighted by Crippen LogP contribution is 2.44. The molecule has 2 aromatic heterocycles. The Morgan fingerprint density at radius 3 is 2.50 bits per heavy atom. The molecule has 0 spiro atoms. The largest absolute Gasteiger partial charge is 0.322 e. The smallest absolute Gasteiger partial charge is 0.310 e. The number of carbonyl (C=O) groups is 1. The van der Waals surface area contributed by atoms with Gasteiger partial charge in [0, 0.05) is 28.4 Å². The first kappa shape index (κ1) is 21.1. The van der Waals surface area contributed by atoms with E-state index in [1.165, 1.54) is 29.0 Å². The van der Waals surface area contributed by atoms with Crippen LogP contribution in [-0.2, 0) is 19.4 Å². The van der Waals surface area contributed by atoms with Crippen LogP contribution in [0.2, 0.25) is 0 Å². The van der Waals surface area contributed by atoms with E-state index in [9.17, 15) is 13.6 Å².